The first-order valence-electron chi connectivity index (χ1n) is 7.90. The number of para-hydroxylation sites is 1. The number of carbonyl (C=O) groups is 1. The highest BCUT2D eigenvalue weighted by Crippen LogP contribution is 2.22. The molecule has 0 bridgehead atoms. The topological polar surface area (TPSA) is 61.7 Å². The summed E-state index contributed by atoms with van der Waals surface area (Å²) in [5, 5.41) is 13.9. The molecule has 4 nitrogen and oxygen atoms in total. The maximum Gasteiger partial charge on any atom is 0.275 e. The summed E-state index contributed by atoms with van der Waals surface area (Å²) in [6.45, 7) is 1.87. The predicted molar refractivity (Wildman–Crippen MR) is 90.9 cm³/mol. The molecule has 1 aliphatic rings. The summed E-state index contributed by atoms with van der Waals surface area (Å²) in [5.41, 5.74) is 7.30. The average Bonchev–Trinajstić information content (AvgIpc) is 2.59. The van der Waals surface area contributed by atoms with Crippen molar-refractivity contribution in [2.45, 2.75) is 32.6 Å². The molecule has 23 heavy (non-hydrogen) atoms. The van der Waals surface area contributed by atoms with Crippen LogP contribution in [0.2, 0.25) is 0 Å². The normalized spacial score (nSPS) is 14.2. The highest BCUT2D eigenvalue weighted by molar-refractivity contribution is 6.01. The number of benzene rings is 2. The van der Waals surface area contributed by atoms with E-state index in [1.54, 1.807) is 18.2 Å². The summed E-state index contributed by atoms with van der Waals surface area (Å²) in [5.74, 6) is -0.466. The summed E-state index contributed by atoms with van der Waals surface area (Å²) >= 11 is 0. The molecule has 0 heterocycles. The molecule has 1 aliphatic carbocycles. The fourth-order valence-electron chi connectivity index (χ4n) is 2.88. The second-order valence-electron chi connectivity index (χ2n) is 5.85. The Morgan fingerprint density at radius 3 is 2.61 bits per heavy atom. The van der Waals surface area contributed by atoms with Crippen molar-refractivity contribution in [1.82, 2.24) is 5.43 Å². The van der Waals surface area contributed by atoms with Crippen LogP contribution >= 0.6 is 0 Å². The van der Waals surface area contributed by atoms with Gasteiger partial charge in [0.2, 0.25) is 0 Å². The molecular formula is C19H20N2O2. The van der Waals surface area contributed by atoms with E-state index in [1.807, 2.05) is 6.92 Å². The Morgan fingerprint density at radius 2 is 1.83 bits per heavy atom. The van der Waals surface area contributed by atoms with Crippen LogP contribution in [0.5, 0.6) is 5.75 Å². The van der Waals surface area contributed by atoms with E-state index < -0.39 is 5.91 Å². The van der Waals surface area contributed by atoms with Crippen molar-refractivity contribution in [3.8, 4) is 5.75 Å². The zero-order valence-corrected chi connectivity index (χ0v) is 13.2. The lowest BCUT2D eigenvalue weighted by molar-refractivity contribution is 0.0952. The quantitative estimate of drug-likeness (QED) is 0.674. The van der Waals surface area contributed by atoms with Gasteiger partial charge in [0.05, 0.1) is 11.3 Å². The summed E-state index contributed by atoms with van der Waals surface area (Å²) in [6, 6.07) is 12.8. The molecule has 0 aliphatic heterocycles. The fourth-order valence-corrected chi connectivity index (χ4v) is 2.88. The van der Waals surface area contributed by atoms with Crippen molar-refractivity contribution in [3.63, 3.8) is 0 Å². The number of phenolic OH excluding ortho intramolecular Hbond substituents is 1. The lowest BCUT2D eigenvalue weighted by Crippen LogP contribution is -2.19. The standard InChI is InChI=1S/C19H20N2O2/c1-13(15-11-10-14-6-2-3-7-16(14)12-15)20-21-19(23)17-8-4-5-9-18(17)22/h4-5,8-12,22H,2-3,6-7H2,1H3,(H,21,23)/b20-13+. The summed E-state index contributed by atoms with van der Waals surface area (Å²) in [7, 11) is 0. The van der Waals surface area contributed by atoms with Gasteiger partial charge in [-0.05, 0) is 67.5 Å². The molecule has 118 valence electrons. The SMILES string of the molecule is C/C(=N\NC(=O)c1ccccc1O)c1ccc2c(c1)CCCC2. The molecule has 0 fully saturated rings. The highest BCUT2D eigenvalue weighted by atomic mass is 16.3. The summed E-state index contributed by atoms with van der Waals surface area (Å²) in [6.07, 6.45) is 4.75. The van der Waals surface area contributed by atoms with Gasteiger partial charge >= 0.3 is 0 Å². The molecule has 4 heteroatoms. The van der Waals surface area contributed by atoms with Crippen LogP contribution in [0.3, 0.4) is 0 Å². The summed E-state index contributed by atoms with van der Waals surface area (Å²) in [4.78, 5) is 12.1. The number of aryl methyl sites for hydroxylation is 2. The van der Waals surface area contributed by atoms with E-state index >= 15 is 0 Å². The Morgan fingerprint density at radius 1 is 1.09 bits per heavy atom. The minimum absolute atomic E-state index is 0.0494. The molecule has 0 atom stereocenters. The van der Waals surface area contributed by atoms with Gasteiger partial charge in [-0.15, -0.1) is 0 Å². The van der Waals surface area contributed by atoms with Gasteiger partial charge in [0.15, 0.2) is 0 Å². The molecule has 0 saturated heterocycles. The Bertz CT molecular complexity index is 766. The van der Waals surface area contributed by atoms with E-state index in [1.165, 1.54) is 30.0 Å². The molecule has 0 radical (unpaired) electrons. The van der Waals surface area contributed by atoms with E-state index in [2.05, 4.69) is 28.7 Å². The van der Waals surface area contributed by atoms with Gasteiger partial charge < -0.3 is 5.11 Å². The van der Waals surface area contributed by atoms with Gasteiger partial charge in [0.25, 0.3) is 5.91 Å². The number of hydrogen-bond donors (Lipinski definition) is 2. The third-order valence-electron chi connectivity index (χ3n) is 4.24. The third-order valence-corrected chi connectivity index (χ3v) is 4.24. The van der Waals surface area contributed by atoms with Crippen LogP contribution < -0.4 is 5.43 Å². The van der Waals surface area contributed by atoms with E-state index in [4.69, 9.17) is 0 Å². The first-order chi connectivity index (χ1) is 11.1. The lowest BCUT2D eigenvalue weighted by Gasteiger charge is -2.16. The Labute approximate surface area is 135 Å². The first-order valence-corrected chi connectivity index (χ1v) is 7.90. The molecular weight excluding hydrogens is 288 g/mol. The maximum atomic E-state index is 12.1. The van der Waals surface area contributed by atoms with Gasteiger partial charge in [0.1, 0.15) is 5.75 Å². The molecule has 2 aromatic rings. The van der Waals surface area contributed by atoms with Crippen molar-refractivity contribution < 1.29 is 9.90 Å². The van der Waals surface area contributed by atoms with Gasteiger partial charge in [-0.25, -0.2) is 5.43 Å². The number of hydrazone groups is 1. The van der Waals surface area contributed by atoms with Crippen LogP contribution in [0.1, 0.15) is 46.8 Å². The minimum Gasteiger partial charge on any atom is -0.507 e. The number of aromatic hydroxyl groups is 1. The van der Waals surface area contributed by atoms with Crippen LogP contribution in [0.25, 0.3) is 0 Å². The number of nitrogens with zero attached hydrogens (tertiary/aromatic N) is 1. The molecule has 2 aromatic carbocycles. The number of carbonyl (C=O) groups excluding carboxylic acids is 1. The van der Waals surface area contributed by atoms with Crippen LogP contribution in [0.15, 0.2) is 47.6 Å². The van der Waals surface area contributed by atoms with Gasteiger partial charge in [-0.2, -0.15) is 5.10 Å². The second-order valence-corrected chi connectivity index (χ2v) is 5.85. The zero-order valence-electron chi connectivity index (χ0n) is 13.2. The van der Waals surface area contributed by atoms with Gasteiger partial charge in [-0.3, -0.25) is 4.79 Å². The molecule has 0 unspecified atom stereocenters. The van der Waals surface area contributed by atoms with Crippen molar-refractivity contribution in [3.05, 3.63) is 64.7 Å². The zero-order chi connectivity index (χ0) is 16.2. The van der Waals surface area contributed by atoms with Gasteiger partial charge in [-0.1, -0.05) is 24.3 Å². The van der Waals surface area contributed by atoms with Crippen LogP contribution in [0.4, 0.5) is 0 Å². The summed E-state index contributed by atoms with van der Waals surface area (Å²) < 4.78 is 0. The number of fused-ring (bicyclic) bond motifs is 1. The smallest absolute Gasteiger partial charge is 0.275 e. The van der Waals surface area contributed by atoms with Crippen LogP contribution in [-0.4, -0.2) is 16.7 Å². The average molecular weight is 308 g/mol. The minimum atomic E-state index is -0.416. The van der Waals surface area contributed by atoms with E-state index in [9.17, 15) is 9.90 Å². The molecule has 2 N–H and O–H groups in total. The largest absolute Gasteiger partial charge is 0.507 e. The molecule has 0 saturated carbocycles. The Hall–Kier alpha value is -2.62. The lowest BCUT2D eigenvalue weighted by atomic mass is 9.90. The van der Waals surface area contributed by atoms with Crippen LogP contribution in [0, 0.1) is 0 Å². The number of rotatable bonds is 3. The van der Waals surface area contributed by atoms with Crippen molar-refractivity contribution >= 4 is 11.6 Å². The Balaban J connectivity index is 1.75. The van der Waals surface area contributed by atoms with E-state index in [0.29, 0.717) is 0 Å². The van der Waals surface area contributed by atoms with Crippen molar-refractivity contribution in [2.24, 2.45) is 5.10 Å². The molecule has 1 amide bonds. The maximum absolute atomic E-state index is 12.1. The van der Waals surface area contributed by atoms with E-state index in [0.717, 1.165) is 24.1 Å². The molecule has 3 rings (SSSR count). The highest BCUT2D eigenvalue weighted by Gasteiger charge is 2.12. The van der Waals surface area contributed by atoms with Crippen molar-refractivity contribution in [2.75, 3.05) is 0 Å². The molecule has 0 aromatic heterocycles. The monoisotopic (exact) mass is 308 g/mol. The first kappa shape index (κ1) is 15.3. The number of hydrogen-bond acceptors (Lipinski definition) is 3. The second kappa shape index (κ2) is 6.65. The molecule has 0 spiro atoms. The number of nitrogens with one attached hydrogen (secondary N) is 1. The van der Waals surface area contributed by atoms with Crippen LogP contribution in [-0.2, 0) is 12.8 Å². The fraction of sp³-hybridized carbons (Fsp3) is 0.263. The third kappa shape index (κ3) is 3.42. The predicted octanol–water partition coefficient (Wildman–Crippen LogP) is 3.43. The van der Waals surface area contributed by atoms with Crippen molar-refractivity contribution in [1.29, 1.82) is 0 Å². The van der Waals surface area contributed by atoms with E-state index in [-0.39, 0.29) is 11.3 Å². The van der Waals surface area contributed by atoms with Gasteiger partial charge in [0, 0.05) is 0 Å². The number of amides is 1. The Kier molecular flexibility index (Phi) is 4.42. The number of phenols is 1.